The van der Waals surface area contributed by atoms with Crippen LogP contribution in [0, 0.1) is 5.82 Å². The first-order chi connectivity index (χ1) is 15.9. The van der Waals surface area contributed by atoms with Gasteiger partial charge in [-0.25, -0.2) is 4.39 Å². The van der Waals surface area contributed by atoms with E-state index in [4.69, 9.17) is 23.2 Å². The predicted molar refractivity (Wildman–Crippen MR) is 135 cm³/mol. The number of benzene rings is 3. The fourth-order valence-corrected chi connectivity index (χ4v) is 3.48. The molecule has 1 unspecified atom stereocenters. The van der Waals surface area contributed by atoms with Gasteiger partial charge >= 0.3 is 0 Å². The number of rotatable bonds is 3. The summed E-state index contributed by atoms with van der Waals surface area (Å²) in [5.41, 5.74) is 1.46. The molecule has 1 aliphatic rings. The summed E-state index contributed by atoms with van der Waals surface area (Å²) in [6.07, 6.45) is 0.215. The standard InChI is InChI=1S/C18H18ClFN2O2.C6H5Cl.CH3Cl/c19-14-3-7-16(8-4-14)21-9-11-22(12-10-21)18(24)17(23)13-1-5-15(20)6-2-13;7-6-4-2-1-3-5-6;1-2/h1-8,17,23H,9-12H2;1-5H;1H3. The summed E-state index contributed by atoms with van der Waals surface area (Å²) in [6, 6.07) is 22.4. The highest BCUT2D eigenvalue weighted by Crippen LogP contribution is 2.21. The number of halogens is 4. The van der Waals surface area contributed by atoms with E-state index in [0.29, 0.717) is 36.8 Å². The molecule has 33 heavy (non-hydrogen) atoms. The summed E-state index contributed by atoms with van der Waals surface area (Å²) in [5, 5.41) is 11.7. The Morgan fingerprint density at radius 2 is 1.33 bits per heavy atom. The third kappa shape index (κ3) is 8.52. The second-order valence-electron chi connectivity index (χ2n) is 7.04. The lowest BCUT2D eigenvalue weighted by Gasteiger charge is -2.37. The van der Waals surface area contributed by atoms with Gasteiger partial charge in [0.2, 0.25) is 0 Å². The molecule has 1 N–H and O–H groups in total. The van der Waals surface area contributed by atoms with Crippen LogP contribution in [0.25, 0.3) is 0 Å². The fraction of sp³-hybridized carbons (Fsp3) is 0.240. The van der Waals surface area contributed by atoms with E-state index in [2.05, 4.69) is 16.5 Å². The van der Waals surface area contributed by atoms with Crippen LogP contribution >= 0.6 is 34.8 Å². The molecule has 0 bridgehead atoms. The zero-order chi connectivity index (χ0) is 24.2. The van der Waals surface area contributed by atoms with Crippen molar-refractivity contribution >= 4 is 46.4 Å². The highest BCUT2D eigenvalue weighted by molar-refractivity contribution is 6.30. The van der Waals surface area contributed by atoms with Crippen LogP contribution in [0.4, 0.5) is 10.1 Å². The first kappa shape index (κ1) is 26.9. The van der Waals surface area contributed by atoms with E-state index in [-0.39, 0.29) is 5.91 Å². The SMILES string of the molecule is CCl.Clc1ccccc1.O=C(C(O)c1ccc(F)cc1)N1CCN(c2ccc(Cl)cc2)CC1. The number of aliphatic hydroxyl groups is 1. The topological polar surface area (TPSA) is 43.8 Å². The summed E-state index contributed by atoms with van der Waals surface area (Å²) >= 11 is 16.1. The van der Waals surface area contributed by atoms with E-state index >= 15 is 0 Å². The molecular formula is C25H26Cl3FN2O2. The maximum Gasteiger partial charge on any atom is 0.256 e. The smallest absolute Gasteiger partial charge is 0.256 e. The summed E-state index contributed by atoms with van der Waals surface area (Å²) in [7, 11) is 0. The Kier molecular flexibility index (Phi) is 11.5. The number of carbonyl (C=O) groups excluding carboxylic acids is 1. The predicted octanol–water partition coefficient (Wildman–Crippen LogP) is 6.06. The van der Waals surface area contributed by atoms with Crippen molar-refractivity contribution in [3.63, 3.8) is 0 Å². The number of nitrogens with zero attached hydrogens (tertiary/aromatic N) is 2. The average molecular weight is 512 g/mol. The largest absolute Gasteiger partial charge is 0.378 e. The van der Waals surface area contributed by atoms with Gasteiger partial charge in [-0.15, -0.1) is 11.6 Å². The van der Waals surface area contributed by atoms with Crippen LogP contribution in [0.5, 0.6) is 0 Å². The van der Waals surface area contributed by atoms with E-state index in [9.17, 15) is 14.3 Å². The Labute approximate surface area is 209 Å². The van der Waals surface area contributed by atoms with Gasteiger partial charge in [-0.2, -0.15) is 0 Å². The molecule has 0 aliphatic carbocycles. The molecule has 4 rings (SSSR count). The van der Waals surface area contributed by atoms with E-state index in [1.54, 1.807) is 4.90 Å². The summed E-state index contributed by atoms with van der Waals surface area (Å²) in [4.78, 5) is 16.2. The zero-order valence-corrected chi connectivity index (χ0v) is 20.4. The lowest BCUT2D eigenvalue weighted by atomic mass is 10.1. The minimum Gasteiger partial charge on any atom is -0.378 e. The molecule has 4 nitrogen and oxygen atoms in total. The first-order valence-corrected chi connectivity index (χ1v) is 11.8. The molecule has 176 valence electrons. The van der Waals surface area contributed by atoms with Gasteiger partial charge in [0, 0.05) is 48.3 Å². The molecule has 8 heteroatoms. The first-order valence-electron chi connectivity index (χ1n) is 10.3. The van der Waals surface area contributed by atoms with Gasteiger partial charge in [0.1, 0.15) is 5.82 Å². The molecule has 3 aromatic rings. The van der Waals surface area contributed by atoms with Crippen molar-refractivity contribution in [2.45, 2.75) is 6.10 Å². The maximum absolute atomic E-state index is 12.9. The van der Waals surface area contributed by atoms with Crippen molar-refractivity contribution in [3.05, 3.63) is 100 Å². The number of piperazine rings is 1. The summed E-state index contributed by atoms with van der Waals surface area (Å²) in [5.74, 6) is -0.743. The molecule has 0 aromatic heterocycles. The van der Waals surface area contributed by atoms with Gasteiger partial charge in [-0.1, -0.05) is 53.5 Å². The molecule has 1 amide bonds. The van der Waals surface area contributed by atoms with Gasteiger partial charge in [0.05, 0.1) is 0 Å². The molecular weight excluding hydrogens is 486 g/mol. The molecule has 1 atom stereocenters. The number of amides is 1. The third-order valence-corrected chi connectivity index (χ3v) is 5.44. The number of hydrogen-bond acceptors (Lipinski definition) is 3. The highest BCUT2D eigenvalue weighted by atomic mass is 35.5. The average Bonchev–Trinajstić information content (AvgIpc) is 2.86. The molecule has 1 aliphatic heterocycles. The Bertz CT molecular complexity index is 965. The lowest BCUT2D eigenvalue weighted by molar-refractivity contribution is -0.140. The number of alkyl halides is 1. The van der Waals surface area contributed by atoms with E-state index in [0.717, 1.165) is 10.7 Å². The van der Waals surface area contributed by atoms with E-state index < -0.39 is 11.9 Å². The number of carbonyl (C=O) groups is 1. The van der Waals surface area contributed by atoms with Gasteiger partial charge in [0.15, 0.2) is 6.10 Å². The number of aliphatic hydroxyl groups excluding tert-OH is 1. The number of hydrogen-bond donors (Lipinski definition) is 1. The van der Waals surface area contributed by atoms with Crippen molar-refractivity contribution in [2.75, 3.05) is 37.5 Å². The Morgan fingerprint density at radius 3 is 1.82 bits per heavy atom. The van der Waals surface area contributed by atoms with Crippen LogP contribution in [-0.2, 0) is 4.79 Å². The second kappa shape index (κ2) is 14.1. The monoisotopic (exact) mass is 510 g/mol. The third-order valence-electron chi connectivity index (χ3n) is 4.94. The van der Waals surface area contributed by atoms with Crippen LogP contribution in [0.3, 0.4) is 0 Å². The van der Waals surface area contributed by atoms with Crippen molar-refractivity contribution in [1.82, 2.24) is 4.90 Å². The number of anilines is 1. The minimum absolute atomic E-state index is 0.350. The van der Waals surface area contributed by atoms with Crippen LogP contribution in [0.15, 0.2) is 78.9 Å². The highest BCUT2D eigenvalue weighted by Gasteiger charge is 2.27. The van der Waals surface area contributed by atoms with E-state index in [1.165, 1.54) is 30.6 Å². The summed E-state index contributed by atoms with van der Waals surface area (Å²) in [6.45, 7) is 2.42. The molecule has 3 aromatic carbocycles. The zero-order valence-electron chi connectivity index (χ0n) is 18.2. The molecule has 0 spiro atoms. The quantitative estimate of drug-likeness (QED) is 0.435. The van der Waals surface area contributed by atoms with Crippen LogP contribution in [0.2, 0.25) is 10.0 Å². The van der Waals surface area contributed by atoms with Crippen molar-refractivity contribution in [1.29, 1.82) is 0 Å². The molecule has 1 saturated heterocycles. The van der Waals surface area contributed by atoms with Crippen LogP contribution < -0.4 is 4.90 Å². The lowest BCUT2D eigenvalue weighted by Crippen LogP contribution is -2.50. The Balaban J connectivity index is 0.000000362. The fourth-order valence-electron chi connectivity index (χ4n) is 3.21. The van der Waals surface area contributed by atoms with Crippen molar-refractivity contribution in [2.24, 2.45) is 0 Å². The normalized spacial score (nSPS) is 13.8. The van der Waals surface area contributed by atoms with Gasteiger partial charge in [-0.05, 0) is 54.1 Å². The molecule has 0 saturated carbocycles. The molecule has 1 heterocycles. The summed E-state index contributed by atoms with van der Waals surface area (Å²) < 4.78 is 12.9. The maximum atomic E-state index is 12.9. The minimum atomic E-state index is -1.26. The molecule has 0 radical (unpaired) electrons. The van der Waals surface area contributed by atoms with Crippen molar-refractivity contribution < 1.29 is 14.3 Å². The second-order valence-corrected chi connectivity index (χ2v) is 7.91. The van der Waals surface area contributed by atoms with Crippen molar-refractivity contribution in [3.8, 4) is 0 Å². The van der Waals surface area contributed by atoms with Crippen LogP contribution in [-0.4, -0.2) is 48.5 Å². The van der Waals surface area contributed by atoms with Crippen LogP contribution in [0.1, 0.15) is 11.7 Å². The molecule has 1 fully saturated rings. The van der Waals surface area contributed by atoms with Gasteiger partial charge < -0.3 is 14.9 Å². The van der Waals surface area contributed by atoms with E-state index in [1.807, 2.05) is 54.6 Å². The Morgan fingerprint density at radius 1 is 0.818 bits per heavy atom. The van der Waals surface area contributed by atoms with Gasteiger partial charge in [-0.3, -0.25) is 4.79 Å². The Hall–Kier alpha value is -2.31. The van der Waals surface area contributed by atoms with Gasteiger partial charge in [0.25, 0.3) is 5.91 Å².